The summed E-state index contributed by atoms with van der Waals surface area (Å²) in [7, 11) is 0. The Kier molecular flexibility index (Phi) is 4.36. The largest absolute Gasteiger partial charge is 0.490 e. The van der Waals surface area contributed by atoms with Gasteiger partial charge in [0.2, 0.25) is 5.88 Å². The molecule has 0 atom stereocenters. The Labute approximate surface area is 111 Å². The van der Waals surface area contributed by atoms with E-state index in [0.717, 1.165) is 0 Å². The van der Waals surface area contributed by atoms with Crippen LogP contribution in [-0.2, 0) is 5.88 Å². The van der Waals surface area contributed by atoms with Crippen LogP contribution in [0.3, 0.4) is 0 Å². The molecule has 18 heavy (non-hydrogen) atoms. The highest BCUT2D eigenvalue weighted by atomic mass is 35.5. The van der Waals surface area contributed by atoms with Gasteiger partial charge in [-0.2, -0.15) is 0 Å². The average molecular weight is 265 g/mol. The topological polar surface area (TPSA) is 44.2 Å². The first-order chi connectivity index (χ1) is 8.83. The lowest BCUT2D eigenvalue weighted by Crippen LogP contribution is -1.97. The Morgan fingerprint density at radius 3 is 2.67 bits per heavy atom. The zero-order valence-electron chi connectivity index (χ0n) is 9.97. The van der Waals surface area contributed by atoms with Crippen LogP contribution in [0, 0.1) is 0 Å². The van der Waals surface area contributed by atoms with Crippen LogP contribution in [-0.4, -0.2) is 16.6 Å². The summed E-state index contributed by atoms with van der Waals surface area (Å²) < 4.78 is 11.1. The number of alkyl halides is 1. The van der Waals surface area contributed by atoms with E-state index in [2.05, 4.69) is 9.97 Å². The first-order valence-electron chi connectivity index (χ1n) is 5.60. The van der Waals surface area contributed by atoms with E-state index in [9.17, 15) is 0 Å². The first-order valence-corrected chi connectivity index (χ1v) is 6.13. The summed E-state index contributed by atoms with van der Waals surface area (Å²) in [6.07, 6.45) is 3.15. The lowest BCUT2D eigenvalue weighted by atomic mass is 10.3. The minimum absolute atomic E-state index is 0.303. The van der Waals surface area contributed by atoms with Crippen molar-refractivity contribution in [2.75, 3.05) is 6.61 Å². The molecule has 0 fully saturated rings. The maximum absolute atomic E-state index is 5.70. The predicted octanol–water partition coefficient (Wildman–Crippen LogP) is 3.41. The molecule has 0 radical (unpaired) electrons. The third kappa shape index (κ3) is 3.11. The van der Waals surface area contributed by atoms with Crippen molar-refractivity contribution < 1.29 is 9.47 Å². The lowest BCUT2D eigenvalue weighted by Gasteiger charge is -2.10. The fourth-order valence-corrected chi connectivity index (χ4v) is 1.55. The standard InChI is InChI=1S/C13H13ClN2O2/c1-2-17-11-5-3-4-6-12(11)18-13-9-15-8-10(7-14)16-13/h3-6,8-9H,2,7H2,1H3. The van der Waals surface area contributed by atoms with Crippen LogP contribution in [0.4, 0.5) is 0 Å². The molecule has 0 N–H and O–H groups in total. The fourth-order valence-electron chi connectivity index (χ4n) is 1.42. The van der Waals surface area contributed by atoms with Crippen LogP contribution in [0.5, 0.6) is 17.4 Å². The van der Waals surface area contributed by atoms with E-state index in [-0.39, 0.29) is 0 Å². The van der Waals surface area contributed by atoms with Crippen LogP contribution in [0.2, 0.25) is 0 Å². The van der Waals surface area contributed by atoms with Crippen molar-refractivity contribution in [3.05, 3.63) is 42.4 Å². The highest BCUT2D eigenvalue weighted by Gasteiger charge is 2.06. The minimum atomic E-state index is 0.303. The molecule has 0 bridgehead atoms. The second-order valence-electron chi connectivity index (χ2n) is 3.46. The van der Waals surface area contributed by atoms with Gasteiger partial charge in [-0.15, -0.1) is 11.6 Å². The van der Waals surface area contributed by atoms with E-state index >= 15 is 0 Å². The van der Waals surface area contributed by atoms with E-state index < -0.39 is 0 Å². The molecule has 2 aromatic rings. The molecule has 0 aliphatic carbocycles. The van der Waals surface area contributed by atoms with Crippen molar-refractivity contribution in [1.29, 1.82) is 0 Å². The van der Waals surface area contributed by atoms with Crippen LogP contribution in [0.15, 0.2) is 36.7 Å². The third-order valence-electron chi connectivity index (χ3n) is 2.16. The molecule has 0 spiro atoms. The van der Waals surface area contributed by atoms with Gasteiger partial charge in [-0.3, -0.25) is 4.98 Å². The van der Waals surface area contributed by atoms with Gasteiger partial charge < -0.3 is 9.47 Å². The normalized spacial score (nSPS) is 10.1. The lowest BCUT2D eigenvalue weighted by molar-refractivity contribution is 0.319. The summed E-state index contributed by atoms with van der Waals surface area (Å²) >= 11 is 5.70. The SMILES string of the molecule is CCOc1ccccc1Oc1cncc(CCl)n1. The number of halogens is 1. The van der Waals surface area contributed by atoms with Crippen molar-refractivity contribution in [1.82, 2.24) is 9.97 Å². The molecule has 0 aliphatic rings. The van der Waals surface area contributed by atoms with E-state index in [0.29, 0.717) is 35.6 Å². The molecule has 94 valence electrons. The van der Waals surface area contributed by atoms with Crippen molar-refractivity contribution in [2.45, 2.75) is 12.8 Å². The van der Waals surface area contributed by atoms with Gasteiger partial charge in [0.15, 0.2) is 11.5 Å². The number of nitrogens with zero attached hydrogens (tertiary/aromatic N) is 2. The predicted molar refractivity (Wildman–Crippen MR) is 69.3 cm³/mol. The molecule has 0 amide bonds. The molecular weight excluding hydrogens is 252 g/mol. The Morgan fingerprint density at radius 1 is 1.17 bits per heavy atom. The number of benzene rings is 1. The molecule has 1 heterocycles. The second-order valence-corrected chi connectivity index (χ2v) is 3.73. The molecule has 0 saturated heterocycles. The van der Waals surface area contributed by atoms with E-state index in [1.807, 2.05) is 31.2 Å². The Morgan fingerprint density at radius 2 is 1.94 bits per heavy atom. The summed E-state index contributed by atoms with van der Waals surface area (Å²) in [6, 6.07) is 7.42. The number of rotatable bonds is 5. The zero-order chi connectivity index (χ0) is 12.8. The van der Waals surface area contributed by atoms with Crippen molar-refractivity contribution in [3.8, 4) is 17.4 Å². The van der Waals surface area contributed by atoms with E-state index in [1.165, 1.54) is 0 Å². The minimum Gasteiger partial charge on any atom is -0.490 e. The summed E-state index contributed by atoms with van der Waals surface area (Å²) in [5, 5.41) is 0. The van der Waals surface area contributed by atoms with Crippen LogP contribution >= 0.6 is 11.6 Å². The first kappa shape index (κ1) is 12.6. The summed E-state index contributed by atoms with van der Waals surface area (Å²) in [6.45, 7) is 2.50. The summed E-state index contributed by atoms with van der Waals surface area (Å²) in [5.41, 5.74) is 0.669. The maximum atomic E-state index is 5.70. The quantitative estimate of drug-likeness (QED) is 0.777. The third-order valence-corrected chi connectivity index (χ3v) is 2.44. The molecule has 5 heteroatoms. The highest BCUT2D eigenvalue weighted by molar-refractivity contribution is 6.16. The number of ether oxygens (including phenoxy) is 2. The van der Waals surface area contributed by atoms with Gasteiger partial charge in [-0.1, -0.05) is 12.1 Å². The molecule has 0 unspecified atom stereocenters. The molecule has 0 aliphatic heterocycles. The highest BCUT2D eigenvalue weighted by Crippen LogP contribution is 2.30. The maximum Gasteiger partial charge on any atom is 0.238 e. The van der Waals surface area contributed by atoms with Crippen LogP contribution < -0.4 is 9.47 Å². The summed E-state index contributed by atoms with van der Waals surface area (Å²) in [5.74, 6) is 2.00. The number of para-hydroxylation sites is 2. The molecule has 1 aromatic carbocycles. The second kappa shape index (κ2) is 6.21. The van der Waals surface area contributed by atoms with Gasteiger partial charge in [-0.05, 0) is 19.1 Å². The van der Waals surface area contributed by atoms with Crippen LogP contribution in [0.1, 0.15) is 12.6 Å². The Balaban J connectivity index is 2.22. The van der Waals surface area contributed by atoms with Gasteiger partial charge >= 0.3 is 0 Å². The monoisotopic (exact) mass is 264 g/mol. The fraction of sp³-hybridized carbons (Fsp3) is 0.231. The number of hydrogen-bond donors (Lipinski definition) is 0. The van der Waals surface area contributed by atoms with Gasteiger partial charge in [0.25, 0.3) is 0 Å². The molecular formula is C13H13ClN2O2. The van der Waals surface area contributed by atoms with E-state index in [1.54, 1.807) is 12.4 Å². The molecule has 0 saturated carbocycles. The summed E-state index contributed by atoms with van der Waals surface area (Å²) in [4.78, 5) is 8.23. The van der Waals surface area contributed by atoms with Crippen molar-refractivity contribution >= 4 is 11.6 Å². The zero-order valence-corrected chi connectivity index (χ0v) is 10.7. The van der Waals surface area contributed by atoms with Crippen molar-refractivity contribution in [3.63, 3.8) is 0 Å². The molecule has 4 nitrogen and oxygen atoms in total. The Bertz CT molecular complexity index is 520. The van der Waals surface area contributed by atoms with Crippen molar-refractivity contribution in [2.24, 2.45) is 0 Å². The average Bonchev–Trinajstić information content (AvgIpc) is 2.41. The molecule has 2 rings (SSSR count). The van der Waals surface area contributed by atoms with Crippen LogP contribution in [0.25, 0.3) is 0 Å². The molecule has 1 aromatic heterocycles. The van der Waals surface area contributed by atoms with Gasteiger partial charge in [0, 0.05) is 6.20 Å². The number of hydrogen-bond acceptors (Lipinski definition) is 4. The van der Waals surface area contributed by atoms with Gasteiger partial charge in [0.1, 0.15) is 0 Å². The van der Waals surface area contributed by atoms with Gasteiger partial charge in [0.05, 0.1) is 24.4 Å². The number of aromatic nitrogens is 2. The Hall–Kier alpha value is -1.81. The van der Waals surface area contributed by atoms with E-state index in [4.69, 9.17) is 21.1 Å². The smallest absolute Gasteiger partial charge is 0.238 e. The van der Waals surface area contributed by atoms with Gasteiger partial charge in [-0.25, -0.2) is 4.98 Å².